The number of carbonyl (C=O) groups is 2. The standard InChI is InChI=1S/C13H12ClFO4/c1-19-12(18)13(11(16)17)6-2-3-7-8(13)4-5-9(14)10(7)15/h4-5H,2-3,6H2,1H3,(H,16,17). The van der Waals surface area contributed by atoms with Crippen LogP contribution in [-0.4, -0.2) is 24.2 Å². The van der Waals surface area contributed by atoms with Crippen LogP contribution in [0.25, 0.3) is 0 Å². The summed E-state index contributed by atoms with van der Waals surface area (Å²) < 4.78 is 18.6. The number of benzene rings is 1. The maximum absolute atomic E-state index is 14.0. The molecule has 1 N–H and O–H groups in total. The van der Waals surface area contributed by atoms with Crippen LogP contribution in [0.3, 0.4) is 0 Å². The van der Waals surface area contributed by atoms with Crippen molar-refractivity contribution in [3.8, 4) is 0 Å². The van der Waals surface area contributed by atoms with Gasteiger partial charge in [0.25, 0.3) is 0 Å². The first-order chi connectivity index (χ1) is 8.95. The molecule has 0 saturated carbocycles. The van der Waals surface area contributed by atoms with Crippen LogP contribution in [0.4, 0.5) is 4.39 Å². The molecular formula is C13H12ClFO4. The summed E-state index contributed by atoms with van der Waals surface area (Å²) in [4.78, 5) is 23.5. The monoisotopic (exact) mass is 286 g/mol. The molecule has 1 atom stereocenters. The van der Waals surface area contributed by atoms with E-state index in [2.05, 4.69) is 4.74 Å². The Balaban J connectivity index is 2.73. The summed E-state index contributed by atoms with van der Waals surface area (Å²) in [5.74, 6) is -2.88. The lowest BCUT2D eigenvalue weighted by Crippen LogP contribution is -2.47. The van der Waals surface area contributed by atoms with Gasteiger partial charge in [0, 0.05) is 0 Å². The molecule has 0 heterocycles. The van der Waals surface area contributed by atoms with Crippen molar-refractivity contribution in [3.05, 3.63) is 34.1 Å². The second-order valence-electron chi connectivity index (χ2n) is 4.44. The van der Waals surface area contributed by atoms with Gasteiger partial charge in [-0.15, -0.1) is 0 Å². The fraction of sp³-hybridized carbons (Fsp3) is 0.385. The van der Waals surface area contributed by atoms with E-state index >= 15 is 0 Å². The number of hydrogen-bond acceptors (Lipinski definition) is 3. The van der Waals surface area contributed by atoms with Gasteiger partial charge in [0.05, 0.1) is 12.1 Å². The molecule has 1 aromatic rings. The number of carboxylic acids is 1. The zero-order chi connectivity index (χ0) is 14.2. The van der Waals surface area contributed by atoms with E-state index in [0.717, 1.165) is 7.11 Å². The molecule has 0 radical (unpaired) electrons. The number of rotatable bonds is 2. The van der Waals surface area contributed by atoms with Crippen molar-refractivity contribution < 1.29 is 23.8 Å². The molecular weight excluding hydrogens is 275 g/mol. The number of methoxy groups -OCH3 is 1. The Morgan fingerprint density at radius 1 is 1.47 bits per heavy atom. The smallest absolute Gasteiger partial charge is 0.327 e. The number of fused-ring (bicyclic) bond motifs is 1. The number of ether oxygens (including phenoxy) is 1. The highest BCUT2D eigenvalue weighted by atomic mass is 35.5. The first-order valence-corrected chi connectivity index (χ1v) is 6.12. The third-order valence-corrected chi connectivity index (χ3v) is 3.83. The van der Waals surface area contributed by atoms with Gasteiger partial charge in [-0.2, -0.15) is 0 Å². The van der Waals surface area contributed by atoms with Gasteiger partial charge in [0.2, 0.25) is 0 Å². The van der Waals surface area contributed by atoms with Gasteiger partial charge in [0.1, 0.15) is 5.82 Å². The van der Waals surface area contributed by atoms with Crippen molar-refractivity contribution in [2.24, 2.45) is 0 Å². The third-order valence-electron chi connectivity index (χ3n) is 3.53. The minimum atomic E-state index is -1.84. The second-order valence-corrected chi connectivity index (χ2v) is 4.85. The Bertz CT molecular complexity index is 558. The summed E-state index contributed by atoms with van der Waals surface area (Å²) in [7, 11) is 1.12. The average Bonchev–Trinajstić information content (AvgIpc) is 2.41. The molecule has 1 aliphatic carbocycles. The Hall–Kier alpha value is -1.62. The first kappa shape index (κ1) is 13.8. The zero-order valence-electron chi connectivity index (χ0n) is 10.2. The lowest BCUT2D eigenvalue weighted by molar-refractivity contribution is -0.160. The summed E-state index contributed by atoms with van der Waals surface area (Å²) in [5.41, 5.74) is -1.51. The Kier molecular flexibility index (Phi) is 3.49. The normalized spacial score (nSPS) is 21.6. The number of aliphatic carboxylic acids is 1. The van der Waals surface area contributed by atoms with Gasteiger partial charge in [-0.1, -0.05) is 17.7 Å². The van der Waals surface area contributed by atoms with Crippen LogP contribution in [0.15, 0.2) is 12.1 Å². The predicted molar refractivity (Wildman–Crippen MR) is 65.7 cm³/mol. The summed E-state index contributed by atoms with van der Waals surface area (Å²) in [5, 5.41) is 9.36. The molecule has 2 rings (SSSR count). The fourth-order valence-corrected chi connectivity index (χ4v) is 2.77. The highest BCUT2D eigenvalue weighted by Crippen LogP contribution is 2.41. The van der Waals surface area contributed by atoms with Crippen LogP contribution in [0, 0.1) is 5.82 Å². The minimum absolute atomic E-state index is 0.0789. The van der Waals surface area contributed by atoms with Crippen molar-refractivity contribution in [1.82, 2.24) is 0 Å². The van der Waals surface area contributed by atoms with Crippen molar-refractivity contribution in [3.63, 3.8) is 0 Å². The van der Waals surface area contributed by atoms with Crippen LogP contribution >= 0.6 is 11.6 Å². The van der Waals surface area contributed by atoms with E-state index in [-0.39, 0.29) is 22.6 Å². The highest BCUT2D eigenvalue weighted by molar-refractivity contribution is 6.30. The summed E-state index contributed by atoms with van der Waals surface area (Å²) in [6.07, 6.45) is 0.822. The Labute approximate surface area is 114 Å². The molecule has 0 amide bonds. The number of hydrogen-bond donors (Lipinski definition) is 1. The largest absolute Gasteiger partial charge is 0.480 e. The van der Waals surface area contributed by atoms with E-state index in [1.807, 2.05) is 0 Å². The van der Waals surface area contributed by atoms with Crippen molar-refractivity contribution in [2.75, 3.05) is 7.11 Å². The van der Waals surface area contributed by atoms with Crippen LogP contribution in [0.5, 0.6) is 0 Å². The zero-order valence-corrected chi connectivity index (χ0v) is 11.0. The van der Waals surface area contributed by atoms with Gasteiger partial charge < -0.3 is 9.84 Å². The minimum Gasteiger partial charge on any atom is -0.480 e. The molecule has 102 valence electrons. The van der Waals surface area contributed by atoms with Gasteiger partial charge in [-0.05, 0) is 36.5 Å². The molecule has 6 heteroatoms. The quantitative estimate of drug-likeness (QED) is 0.669. The molecule has 0 aromatic heterocycles. The maximum atomic E-state index is 14.0. The van der Waals surface area contributed by atoms with Crippen LogP contribution in [0.2, 0.25) is 5.02 Å². The van der Waals surface area contributed by atoms with Crippen LogP contribution < -0.4 is 0 Å². The molecule has 1 unspecified atom stereocenters. The van der Waals surface area contributed by atoms with Crippen molar-refractivity contribution in [2.45, 2.75) is 24.7 Å². The molecule has 4 nitrogen and oxygen atoms in total. The van der Waals surface area contributed by atoms with Crippen molar-refractivity contribution >= 4 is 23.5 Å². The Morgan fingerprint density at radius 2 is 2.16 bits per heavy atom. The summed E-state index contributed by atoms with van der Waals surface area (Å²) in [6, 6.07) is 2.66. The Morgan fingerprint density at radius 3 is 2.74 bits per heavy atom. The molecule has 1 aliphatic rings. The van der Waals surface area contributed by atoms with Gasteiger partial charge in [-0.25, -0.2) is 4.39 Å². The molecule has 0 fully saturated rings. The number of esters is 1. The van der Waals surface area contributed by atoms with Gasteiger partial charge in [-0.3, -0.25) is 9.59 Å². The van der Waals surface area contributed by atoms with E-state index in [9.17, 15) is 19.1 Å². The van der Waals surface area contributed by atoms with E-state index in [4.69, 9.17) is 11.6 Å². The highest BCUT2D eigenvalue weighted by Gasteiger charge is 2.52. The van der Waals surface area contributed by atoms with Gasteiger partial charge in [0.15, 0.2) is 5.41 Å². The number of carboxylic acid groups (broad SMARTS) is 1. The lowest BCUT2D eigenvalue weighted by Gasteiger charge is -2.33. The number of halogens is 2. The maximum Gasteiger partial charge on any atom is 0.327 e. The summed E-state index contributed by atoms with van der Waals surface area (Å²) in [6.45, 7) is 0. The molecule has 0 saturated heterocycles. The predicted octanol–water partition coefficient (Wildman–Crippen LogP) is 2.31. The van der Waals surface area contributed by atoms with E-state index in [0.29, 0.717) is 12.8 Å². The molecule has 0 aliphatic heterocycles. The topological polar surface area (TPSA) is 63.6 Å². The molecule has 1 aromatic carbocycles. The first-order valence-electron chi connectivity index (χ1n) is 5.74. The van der Waals surface area contributed by atoms with E-state index in [1.54, 1.807) is 0 Å². The number of carbonyl (C=O) groups excluding carboxylic acids is 1. The van der Waals surface area contributed by atoms with E-state index in [1.165, 1.54) is 12.1 Å². The van der Waals surface area contributed by atoms with Gasteiger partial charge >= 0.3 is 11.9 Å². The van der Waals surface area contributed by atoms with Crippen LogP contribution in [-0.2, 0) is 26.2 Å². The molecule has 0 spiro atoms. The van der Waals surface area contributed by atoms with Crippen molar-refractivity contribution in [1.29, 1.82) is 0 Å². The fourth-order valence-electron chi connectivity index (χ4n) is 2.60. The van der Waals surface area contributed by atoms with E-state index < -0.39 is 23.2 Å². The second kappa shape index (κ2) is 4.81. The lowest BCUT2D eigenvalue weighted by atomic mass is 9.69. The average molecular weight is 287 g/mol. The van der Waals surface area contributed by atoms with Crippen LogP contribution in [0.1, 0.15) is 24.0 Å². The molecule has 19 heavy (non-hydrogen) atoms. The molecule has 0 bridgehead atoms. The summed E-state index contributed by atoms with van der Waals surface area (Å²) >= 11 is 5.69. The SMILES string of the molecule is COC(=O)C1(C(=O)O)CCCc2c1ccc(Cl)c2F. The third kappa shape index (κ3) is 1.89.